The Labute approximate surface area is 98.5 Å². The molecule has 0 bridgehead atoms. The normalized spacial score (nSPS) is 10.7. The molecule has 2 aromatic rings. The molecule has 0 unspecified atom stereocenters. The highest BCUT2D eigenvalue weighted by Gasteiger charge is 2.12. The van der Waals surface area contributed by atoms with E-state index in [1.807, 2.05) is 0 Å². The summed E-state index contributed by atoms with van der Waals surface area (Å²) in [7, 11) is 0. The van der Waals surface area contributed by atoms with E-state index < -0.39 is 0 Å². The first kappa shape index (κ1) is 11.2. The number of nitrogens with two attached hydrogens (primary N) is 1. The molecule has 0 aliphatic carbocycles. The third-order valence-electron chi connectivity index (χ3n) is 1.84. The van der Waals surface area contributed by atoms with E-state index in [1.165, 1.54) is 12.1 Å². The van der Waals surface area contributed by atoms with Crippen molar-refractivity contribution in [3.05, 3.63) is 34.4 Å². The number of nitrogens with zero attached hydrogens (tertiary/aromatic N) is 2. The summed E-state index contributed by atoms with van der Waals surface area (Å²) >= 11 is 3.27. The molecule has 16 heavy (non-hydrogen) atoms. The molecule has 1 aromatic heterocycles. The van der Waals surface area contributed by atoms with Crippen LogP contribution in [0.3, 0.4) is 0 Å². The fourth-order valence-corrected chi connectivity index (χ4v) is 1.59. The van der Waals surface area contributed by atoms with Crippen molar-refractivity contribution < 1.29 is 13.8 Å². The number of aromatic nitrogens is 2. The average Bonchev–Trinajstić information content (AvgIpc) is 2.71. The van der Waals surface area contributed by atoms with Gasteiger partial charge in [-0.05, 0) is 18.2 Å². The summed E-state index contributed by atoms with van der Waals surface area (Å²) in [5.74, 6) is 5.00. The predicted octanol–water partition coefficient (Wildman–Crippen LogP) is 2.03. The molecule has 5 nitrogen and oxygen atoms in total. The summed E-state index contributed by atoms with van der Waals surface area (Å²) in [5, 5.41) is 3.69. The molecule has 84 valence electrons. The molecule has 1 heterocycles. The minimum absolute atomic E-state index is 0.0138. The van der Waals surface area contributed by atoms with E-state index in [0.717, 1.165) is 0 Å². The minimum atomic E-state index is -0.375. The van der Waals surface area contributed by atoms with Crippen LogP contribution in [0.25, 0.3) is 11.4 Å². The van der Waals surface area contributed by atoms with Gasteiger partial charge in [0.15, 0.2) is 0 Å². The van der Waals surface area contributed by atoms with Crippen LogP contribution in [-0.2, 0) is 11.4 Å². The second-order valence-electron chi connectivity index (χ2n) is 2.95. The fourth-order valence-electron chi connectivity index (χ4n) is 1.16. The van der Waals surface area contributed by atoms with E-state index in [0.29, 0.717) is 10.0 Å². The van der Waals surface area contributed by atoms with Gasteiger partial charge < -0.3 is 4.52 Å². The van der Waals surface area contributed by atoms with Crippen LogP contribution in [0.5, 0.6) is 0 Å². The highest BCUT2D eigenvalue weighted by Crippen LogP contribution is 2.26. The molecular weight excluding hydrogens is 281 g/mol. The molecule has 0 saturated carbocycles. The Bertz CT molecular complexity index is 503. The quantitative estimate of drug-likeness (QED) is 0.875. The van der Waals surface area contributed by atoms with E-state index in [-0.39, 0.29) is 24.1 Å². The molecule has 2 rings (SSSR count). The molecule has 0 spiro atoms. The summed E-state index contributed by atoms with van der Waals surface area (Å²) in [6.45, 7) is 0.0138. The number of halogens is 2. The van der Waals surface area contributed by atoms with Crippen molar-refractivity contribution in [3.63, 3.8) is 0 Å². The molecule has 0 aliphatic heterocycles. The van der Waals surface area contributed by atoms with Crippen molar-refractivity contribution in [1.29, 1.82) is 0 Å². The van der Waals surface area contributed by atoms with Crippen LogP contribution in [0.1, 0.15) is 5.89 Å². The summed E-state index contributed by atoms with van der Waals surface area (Å²) in [4.78, 5) is 8.34. The molecule has 0 fully saturated rings. The zero-order valence-electron chi connectivity index (χ0n) is 7.98. The summed E-state index contributed by atoms with van der Waals surface area (Å²) in [6.07, 6.45) is 0. The Kier molecular flexibility index (Phi) is 3.28. The first-order chi connectivity index (χ1) is 7.70. The van der Waals surface area contributed by atoms with Gasteiger partial charge in [-0.1, -0.05) is 21.1 Å². The fraction of sp³-hybridized carbons (Fsp3) is 0.111. The Morgan fingerprint density at radius 2 is 2.31 bits per heavy atom. The highest BCUT2D eigenvalue weighted by atomic mass is 79.9. The van der Waals surface area contributed by atoms with E-state index >= 15 is 0 Å². The maximum Gasteiger partial charge on any atom is 0.255 e. The van der Waals surface area contributed by atoms with E-state index in [4.69, 9.17) is 10.4 Å². The zero-order chi connectivity index (χ0) is 11.5. The standard InChI is InChI=1S/C9H7BrFN3O2/c10-7-2-1-5(11)3-6(7)9-13-8(4-15-12)16-14-9/h1-3H,4,12H2. The van der Waals surface area contributed by atoms with Gasteiger partial charge in [-0.3, -0.25) is 4.84 Å². The Morgan fingerprint density at radius 1 is 1.50 bits per heavy atom. The van der Waals surface area contributed by atoms with E-state index in [1.54, 1.807) is 6.07 Å². The Hall–Kier alpha value is -1.31. The third kappa shape index (κ3) is 2.26. The number of benzene rings is 1. The molecule has 0 amide bonds. The summed E-state index contributed by atoms with van der Waals surface area (Å²) < 4.78 is 18.6. The molecule has 0 aliphatic rings. The average molecular weight is 288 g/mol. The van der Waals surface area contributed by atoms with Gasteiger partial charge in [-0.2, -0.15) is 4.98 Å². The van der Waals surface area contributed by atoms with E-state index in [9.17, 15) is 4.39 Å². The lowest BCUT2D eigenvalue weighted by Crippen LogP contribution is -1.98. The van der Waals surface area contributed by atoms with Crippen LogP contribution in [0.2, 0.25) is 0 Å². The summed E-state index contributed by atoms with van der Waals surface area (Å²) in [5.41, 5.74) is 0.507. The minimum Gasteiger partial charge on any atom is -0.336 e. The molecule has 1 aromatic carbocycles. The monoisotopic (exact) mass is 287 g/mol. The lowest BCUT2D eigenvalue weighted by Gasteiger charge is -1.98. The van der Waals surface area contributed by atoms with Crippen LogP contribution in [0.4, 0.5) is 4.39 Å². The van der Waals surface area contributed by atoms with Crippen molar-refractivity contribution in [3.8, 4) is 11.4 Å². The van der Waals surface area contributed by atoms with Gasteiger partial charge in [0, 0.05) is 10.0 Å². The lowest BCUT2D eigenvalue weighted by atomic mass is 10.2. The Morgan fingerprint density at radius 3 is 3.06 bits per heavy atom. The van der Waals surface area contributed by atoms with Gasteiger partial charge >= 0.3 is 0 Å². The van der Waals surface area contributed by atoms with Crippen molar-refractivity contribution in [1.82, 2.24) is 10.1 Å². The Balaban J connectivity index is 2.38. The zero-order valence-corrected chi connectivity index (χ0v) is 9.57. The maximum absolute atomic E-state index is 13.0. The summed E-state index contributed by atoms with van der Waals surface area (Å²) in [6, 6.07) is 4.21. The maximum atomic E-state index is 13.0. The van der Waals surface area contributed by atoms with Crippen LogP contribution in [-0.4, -0.2) is 10.1 Å². The number of hydrogen-bond acceptors (Lipinski definition) is 5. The van der Waals surface area contributed by atoms with Crippen molar-refractivity contribution in [2.24, 2.45) is 5.90 Å². The molecule has 7 heteroatoms. The van der Waals surface area contributed by atoms with Crippen LogP contribution in [0.15, 0.2) is 27.2 Å². The molecule has 0 radical (unpaired) electrons. The smallest absolute Gasteiger partial charge is 0.255 e. The van der Waals surface area contributed by atoms with Crippen molar-refractivity contribution in [2.45, 2.75) is 6.61 Å². The second-order valence-corrected chi connectivity index (χ2v) is 3.80. The highest BCUT2D eigenvalue weighted by molar-refractivity contribution is 9.10. The topological polar surface area (TPSA) is 74.2 Å². The first-order valence-electron chi connectivity index (χ1n) is 4.30. The van der Waals surface area contributed by atoms with Crippen LogP contribution < -0.4 is 5.90 Å². The lowest BCUT2D eigenvalue weighted by molar-refractivity contribution is 0.0996. The molecular formula is C9H7BrFN3O2. The largest absolute Gasteiger partial charge is 0.336 e. The van der Waals surface area contributed by atoms with Gasteiger partial charge in [0.2, 0.25) is 5.82 Å². The number of hydrogen-bond donors (Lipinski definition) is 1. The first-order valence-corrected chi connectivity index (χ1v) is 5.09. The SMILES string of the molecule is NOCc1nc(-c2cc(F)ccc2Br)no1. The van der Waals surface area contributed by atoms with Gasteiger partial charge in [-0.25, -0.2) is 10.3 Å². The molecule has 2 N–H and O–H groups in total. The molecule has 0 saturated heterocycles. The van der Waals surface area contributed by atoms with Crippen molar-refractivity contribution in [2.75, 3.05) is 0 Å². The number of rotatable bonds is 3. The van der Waals surface area contributed by atoms with Crippen LogP contribution in [0, 0.1) is 5.82 Å². The molecule has 0 atom stereocenters. The van der Waals surface area contributed by atoms with Crippen molar-refractivity contribution >= 4 is 15.9 Å². The predicted molar refractivity (Wildman–Crippen MR) is 56.4 cm³/mol. The van der Waals surface area contributed by atoms with Crippen LogP contribution >= 0.6 is 15.9 Å². The van der Waals surface area contributed by atoms with Gasteiger partial charge in [0.05, 0.1) is 0 Å². The third-order valence-corrected chi connectivity index (χ3v) is 2.54. The van der Waals surface area contributed by atoms with Gasteiger partial charge in [0.1, 0.15) is 12.4 Å². The second kappa shape index (κ2) is 4.69. The van der Waals surface area contributed by atoms with E-state index in [2.05, 4.69) is 30.9 Å². The van der Waals surface area contributed by atoms with Gasteiger partial charge in [-0.15, -0.1) is 0 Å². The van der Waals surface area contributed by atoms with Gasteiger partial charge in [0.25, 0.3) is 5.89 Å².